The highest BCUT2D eigenvalue weighted by Crippen LogP contribution is 1.89. The average Bonchev–Trinajstić information content (AvgIpc) is 1.63. The molecule has 0 rings (SSSR count). The molecule has 0 radical (unpaired) electrons. The van der Waals surface area contributed by atoms with Gasteiger partial charge in [-0.1, -0.05) is 5.57 Å². The van der Waals surface area contributed by atoms with Crippen LogP contribution >= 0.6 is 0 Å². The van der Waals surface area contributed by atoms with Crippen molar-refractivity contribution in [2.24, 2.45) is 10.7 Å². The van der Waals surface area contributed by atoms with Crippen LogP contribution in [-0.2, 0) is 0 Å². The predicted octanol–water partition coefficient (Wildman–Crippen LogP) is 1.33. The van der Waals surface area contributed by atoms with Gasteiger partial charge >= 0.3 is 0 Å². The topological polar surface area (TPSA) is 38.4 Å². The average molecular weight is 126 g/mol. The third-order valence-electron chi connectivity index (χ3n) is 0.838. The van der Waals surface area contributed by atoms with Crippen LogP contribution in [0.4, 0.5) is 0 Å². The van der Waals surface area contributed by atoms with Crippen molar-refractivity contribution < 1.29 is 0 Å². The Labute approximate surface area is 56.5 Å². The first-order valence-electron chi connectivity index (χ1n) is 3.03. The molecule has 0 aliphatic heterocycles. The minimum Gasteiger partial charge on any atom is -0.312 e. The molecule has 0 unspecified atom stereocenters. The molecule has 0 aromatic heterocycles. The van der Waals surface area contributed by atoms with Crippen LogP contribution in [0.2, 0.25) is 0 Å². The van der Waals surface area contributed by atoms with E-state index in [0.717, 1.165) is 5.71 Å². The summed E-state index contributed by atoms with van der Waals surface area (Å²) >= 11 is 0. The van der Waals surface area contributed by atoms with Crippen LogP contribution in [0.5, 0.6) is 0 Å². The standard InChI is InChI=1S/C7H14N2/c1-6(2)4-7(3)9-5-8/h4H,5,8H2,1-3H3/b9-7-. The Morgan fingerprint density at radius 2 is 2.00 bits per heavy atom. The predicted molar refractivity (Wildman–Crippen MR) is 41.6 cm³/mol. The van der Waals surface area contributed by atoms with Crippen LogP contribution in [0.25, 0.3) is 0 Å². The number of aliphatic imine (C=N–C) groups is 1. The Morgan fingerprint density at radius 3 is 2.33 bits per heavy atom. The fourth-order valence-corrected chi connectivity index (χ4v) is 0.607. The minimum absolute atomic E-state index is 0.385. The highest BCUT2D eigenvalue weighted by molar-refractivity contribution is 5.93. The number of hydrogen-bond donors (Lipinski definition) is 1. The lowest BCUT2D eigenvalue weighted by atomic mass is 10.2. The van der Waals surface area contributed by atoms with Crippen molar-refractivity contribution in [1.29, 1.82) is 0 Å². The maximum atomic E-state index is 5.19. The van der Waals surface area contributed by atoms with Gasteiger partial charge in [-0.2, -0.15) is 0 Å². The maximum Gasteiger partial charge on any atom is 0.0862 e. The molecular weight excluding hydrogens is 112 g/mol. The molecule has 52 valence electrons. The van der Waals surface area contributed by atoms with Crippen LogP contribution in [-0.4, -0.2) is 12.4 Å². The lowest BCUT2D eigenvalue weighted by molar-refractivity contribution is 1.07. The van der Waals surface area contributed by atoms with Gasteiger partial charge in [0.15, 0.2) is 0 Å². The summed E-state index contributed by atoms with van der Waals surface area (Å²) < 4.78 is 0. The molecule has 0 saturated heterocycles. The van der Waals surface area contributed by atoms with Crippen molar-refractivity contribution in [2.45, 2.75) is 20.8 Å². The van der Waals surface area contributed by atoms with E-state index in [-0.39, 0.29) is 0 Å². The summed E-state index contributed by atoms with van der Waals surface area (Å²) in [7, 11) is 0. The molecule has 2 nitrogen and oxygen atoms in total. The molecule has 0 amide bonds. The largest absolute Gasteiger partial charge is 0.312 e. The molecule has 0 saturated carbocycles. The van der Waals surface area contributed by atoms with Crippen molar-refractivity contribution in [3.8, 4) is 0 Å². The lowest BCUT2D eigenvalue weighted by Crippen LogP contribution is -1.97. The first kappa shape index (κ1) is 8.37. The Balaban J connectivity index is 3.90. The van der Waals surface area contributed by atoms with E-state index in [0.29, 0.717) is 6.67 Å². The fraction of sp³-hybridized carbons (Fsp3) is 0.571. The van der Waals surface area contributed by atoms with E-state index in [4.69, 9.17) is 5.73 Å². The molecule has 2 heteroatoms. The third-order valence-corrected chi connectivity index (χ3v) is 0.838. The summed E-state index contributed by atoms with van der Waals surface area (Å²) in [4.78, 5) is 3.98. The van der Waals surface area contributed by atoms with Crippen molar-refractivity contribution in [2.75, 3.05) is 6.67 Å². The molecule has 0 aliphatic rings. The number of allylic oxidation sites excluding steroid dienone is 2. The van der Waals surface area contributed by atoms with Crippen LogP contribution in [0, 0.1) is 0 Å². The molecule has 9 heavy (non-hydrogen) atoms. The summed E-state index contributed by atoms with van der Waals surface area (Å²) in [6.45, 7) is 6.40. The number of nitrogens with two attached hydrogens (primary N) is 1. The molecule has 0 aromatic carbocycles. The summed E-state index contributed by atoms with van der Waals surface area (Å²) in [5.74, 6) is 0. The Hall–Kier alpha value is -0.630. The van der Waals surface area contributed by atoms with Gasteiger partial charge in [0, 0.05) is 5.71 Å². The summed E-state index contributed by atoms with van der Waals surface area (Å²) in [5.41, 5.74) is 7.44. The van der Waals surface area contributed by atoms with E-state index >= 15 is 0 Å². The van der Waals surface area contributed by atoms with E-state index in [1.54, 1.807) is 0 Å². The van der Waals surface area contributed by atoms with Gasteiger partial charge in [0.25, 0.3) is 0 Å². The zero-order chi connectivity index (χ0) is 7.28. The van der Waals surface area contributed by atoms with E-state index in [9.17, 15) is 0 Å². The molecule has 0 heterocycles. The van der Waals surface area contributed by atoms with Gasteiger partial charge in [0.05, 0.1) is 6.67 Å². The highest BCUT2D eigenvalue weighted by atomic mass is 14.9. The van der Waals surface area contributed by atoms with Gasteiger partial charge in [-0.15, -0.1) is 0 Å². The summed E-state index contributed by atoms with van der Waals surface area (Å²) in [6.07, 6.45) is 2.01. The minimum atomic E-state index is 0.385. The number of nitrogens with zero attached hydrogens (tertiary/aromatic N) is 1. The lowest BCUT2D eigenvalue weighted by Gasteiger charge is -1.90. The Bertz CT molecular complexity index is 130. The molecule has 0 spiro atoms. The van der Waals surface area contributed by atoms with Gasteiger partial charge in [0.2, 0.25) is 0 Å². The summed E-state index contributed by atoms with van der Waals surface area (Å²) in [5, 5.41) is 0. The highest BCUT2D eigenvalue weighted by Gasteiger charge is 1.81. The van der Waals surface area contributed by atoms with Crippen molar-refractivity contribution >= 4 is 5.71 Å². The van der Waals surface area contributed by atoms with Gasteiger partial charge in [-0.05, 0) is 26.8 Å². The third kappa shape index (κ3) is 5.24. The van der Waals surface area contributed by atoms with Gasteiger partial charge in [-0.3, -0.25) is 4.99 Å². The second-order valence-electron chi connectivity index (χ2n) is 2.20. The van der Waals surface area contributed by atoms with Crippen molar-refractivity contribution in [3.05, 3.63) is 11.6 Å². The molecule has 0 aliphatic carbocycles. The molecular formula is C7H14N2. The van der Waals surface area contributed by atoms with Gasteiger partial charge < -0.3 is 5.73 Å². The number of rotatable bonds is 2. The smallest absolute Gasteiger partial charge is 0.0862 e. The first-order valence-corrected chi connectivity index (χ1v) is 3.03. The SMILES string of the molecule is CC(C)=C/C(C)=N\CN. The van der Waals surface area contributed by atoms with Crippen LogP contribution in [0.1, 0.15) is 20.8 Å². The monoisotopic (exact) mass is 126 g/mol. The number of hydrogen-bond acceptors (Lipinski definition) is 2. The molecule has 0 bridgehead atoms. The zero-order valence-electron chi connectivity index (χ0n) is 6.31. The fourth-order valence-electron chi connectivity index (χ4n) is 0.607. The molecule has 2 N–H and O–H groups in total. The summed E-state index contributed by atoms with van der Waals surface area (Å²) in [6, 6.07) is 0. The van der Waals surface area contributed by atoms with E-state index in [2.05, 4.69) is 4.99 Å². The van der Waals surface area contributed by atoms with Crippen molar-refractivity contribution in [3.63, 3.8) is 0 Å². The Morgan fingerprint density at radius 1 is 1.44 bits per heavy atom. The first-order chi connectivity index (χ1) is 4.16. The quantitative estimate of drug-likeness (QED) is 0.557. The molecule has 0 atom stereocenters. The van der Waals surface area contributed by atoms with Crippen LogP contribution in [0.15, 0.2) is 16.6 Å². The maximum absolute atomic E-state index is 5.19. The van der Waals surface area contributed by atoms with E-state index in [1.165, 1.54) is 5.57 Å². The normalized spacial score (nSPS) is 11.3. The molecule has 0 fully saturated rings. The second kappa shape index (κ2) is 4.27. The Kier molecular flexibility index (Phi) is 3.97. The van der Waals surface area contributed by atoms with Gasteiger partial charge in [0.1, 0.15) is 0 Å². The van der Waals surface area contributed by atoms with E-state index < -0.39 is 0 Å². The van der Waals surface area contributed by atoms with E-state index in [1.807, 2.05) is 26.8 Å². The second-order valence-corrected chi connectivity index (χ2v) is 2.20. The van der Waals surface area contributed by atoms with Crippen LogP contribution in [0.3, 0.4) is 0 Å². The van der Waals surface area contributed by atoms with Crippen LogP contribution < -0.4 is 5.73 Å². The van der Waals surface area contributed by atoms with Gasteiger partial charge in [-0.25, -0.2) is 0 Å². The van der Waals surface area contributed by atoms with Crippen molar-refractivity contribution in [1.82, 2.24) is 0 Å². The zero-order valence-corrected chi connectivity index (χ0v) is 6.31. The molecule has 0 aromatic rings.